The van der Waals surface area contributed by atoms with Gasteiger partial charge in [0.25, 0.3) is 0 Å². The Morgan fingerprint density at radius 2 is 1.56 bits per heavy atom. The van der Waals surface area contributed by atoms with E-state index in [0.717, 1.165) is 16.6 Å². The summed E-state index contributed by atoms with van der Waals surface area (Å²) in [5, 5.41) is 0. The number of carbonyl (C=O) groups excluding carboxylic acids is 2. The van der Waals surface area contributed by atoms with Gasteiger partial charge in [-0.25, -0.2) is 14.6 Å². The van der Waals surface area contributed by atoms with Gasteiger partial charge in [0.2, 0.25) is 0 Å². The van der Waals surface area contributed by atoms with Gasteiger partial charge >= 0.3 is 11.9 Å². The van der Waals surface area contributed by atoms with Crippen molar-refractivity contribution < 1.29 is 23.8 Å². The first-order valence-electron chi connectivity index (χ1n) is 10.8. The molecule has 0 unspecified atom stereocenters. The number of carbonyl (C=O) groups is 2. The second kappa shape index (κ2) is 9.43. The summed E-state index contributed by atoms with van der Waals surface area (Å²) in [6.45, 7) is 4.07. The fraction of sp³-hybridized carbons (Fsp3) is 0.269. The van der Waals surface area contributed by atoms with Gasteiger partial charge in [0.15, 0.2) is 0 Å². The van der Waals surface area contributed by atoms with Gasteiger partial charge < -0.3 is 23.7 Å². The lowest BCUT2D eigenvalue weighted by Gasteiger charge is -2.38. The fourth-order valence-corrected chi connectivity index (χ4v) is 4.50. The summed E-state index contributed by atoms with van der Waals surface area (Å²) in [7, 11) is 4.24. The summed E-state index contributed by atoms with van der Waals surface area (Å²) in [5.41, 5.74) is 4.63. The molecule has 0 saturated heterocycles. The molecule has 0 radical (unpaired) electrons. The van der Waals surface area contributed by atoms with E-state index in [1.165, 1.54) is 14.2 Å². The van der Waals surface area contributed by atoms with Crippen LogP contribution < -0.4 is 4.74 Å². The number of rotatable bonds is 6. The van der Waals surface area contributed by atoms with E-state index in [9.17, 15) is 9.59 Å². The third-order valence-electron chi connectivity index (χ3n) is 6.23. The Hall–Kier alpha value is -4.07. The van der Waals surface area contributed by atoms with Gasteiger partial charge in [-0.3, -0.25) is 0 Å². The maximum Gasteiger partial charge on any atom is 0.336 e. The van der Waals surface area contributed by atoms with E-state index in [-0.39, 0.29) is 0 Å². The minimum absolute atomic E-state index is 0.351. The molecule has 3 aromatic rings. The van der Waals surface area contributed by atoms with Crippen LogP contribution in [-0.2, 0) is 25.7 Å². The molecule has 8 heteroatoms. The van der Waals surface area contributed by atoms with E-state index in [1.54, 1.807) is 13.4 Å². The maximum atomic E-state index is 13.1. The molecule has 176 valence electrons. The van der Waals surface area contributed by atoms with Crippen molar-refractivity contribution in [1.29, 1.82) is 0 Å². The summed E-state index contributed by atoms with van der Waals surface area (Å²) in [4.78, 5) is 32.6. The second-order valence-electron chi connectivity index (χ2n) is 7.96. The van der Waals surface area contributed by atoms with Crippen molar-refractivity contribution in [3.8, 4) is 5.75 Å². The van der Waals surface area contributed by atoms with E-state index in [2.05, 4.69) is 4.98 Å². The summed E-state index contributed by atoms with van der Waals surface area (Å²) in [6.07, 6.45) is 1.75. The van der Waals surface area contributed by atoms with Gasteiger partial charge in [-0.2, -0.15) is 0 Å². The standard InChI is InChI=1S/C26H27N3O5/c1-16-22(25(30)33-4)24(18-9-8-10-19(13-18)32-3)23(26(31)34-5)17(2)29(16)15-28-14-27-20-11-6-7-12-21(20)28/h6-14,24H,15H2,1-5H3. The van der Waals surface area contributed by atoms with Crippen LogP contribution in [0.1, 0.15) is 25.3 Å². The molecule has 0 spiro atoms. The van der Waals surface area contributed by atoms with E-state index in [4.69, 9.17) is 14.2 Å². The quantitative estimate of drug-likeness (QED) is 0.513. The molecule has 1 aromatic heterocycles. The van der Waals surface area contributed by atoms with Gasteiger partial charge in [-0.15, -0.1) is 0 Å². The zero-order valence-electron chi connectivity index (χ0n) is 19.9. The molecular formula is C26H27N3O5. The van der Waals surface area contributed by atoms with Crippen LogP contribution >= 0.6 is 0 Å². The third kappa shape index (κ3) is 3.91. The van der Waals surface area contributed by atoms with E-state index >= 15 is 0 Å². The Balaban J connectivity index is 1.91. The Labute approximate surface area is 198 Å². The first kappa shape index (κ1) is 23.1. The predicted molar refractivity (Wildman–Crippen MR) is 127 cm³/mol. The van der Waals surface area contributed by atoms with E-state index in [0.29, 0.717) is 35.0 Å². The van der Waals surface area contributed by atoms with Gasteiger partial charge in [-0.05, 0) is 43.7 Å². The topological polar surface area (TPSA) is 82.9 Å². The Kier molecular flexibility index (Phi) is 6.40. The predicted octanol–water partition coefficient (Wildman–Crippen LogP) is 4.00. The lowest BCUT2D eigenvalue weighted by atomic mass is 9.79. The van der Waals surface area contributed by atoms with Crippen LogP contribution in [-0.4, -0.2) is 47.7 Å². The average molecular weight is 462 g/mol. The van der Waals surface area contributed by atoms with Gasteiger partial charge in [0, 0.05) is 11.4 Å². The number of nitrogens with zero attached hydrogens (tertiary/aromatic N) is 3. The van der Waals surface area contributed by atoms with Crippen LogP contribution in [0.5, 0.6) is 5.75 Å². The highest BCUT2D eigenvalue weighted by molar-refractivity contribution is 5.99. The number of para-hydroxylation sites is 2. The molecule has 2 heterocycles. The smallest absolute Gasteiger partial charge is 0.336 e. The van der Waals surface area contributed by atoms with Gasteiger partial charge in [0.05, 0.1) is 55.8 Å². The molecule has 0 bridgehead atoms. The summed E-state index contributed by atoms with van der Waals surface area (Å²) in [6, 6.07) is 15.1. The second-order valence-corrected chi connectivity index (χ2v) is 7.96. The molecular weight excluding hydrogens is 434 g/mol. The van der Waals surface area contributed by atoms with Crippen LogP contribution in [0.25, 0.3) is 11.0 Å². The Morgan fingerprint density at radius 3 is 2.18 bits per heavy atom. The molecule has 0 amide bonds. The van der Waals surface area contributed by atoms with Gasteiger partial charge in [-0.1, -0.05) is 24.3 Å². The molecule has 0 atom stereocenters. The van der Waals surface area contributed by atoms with Crippen LogP contribution in [0, 0.1) is 0 Å². The lowest BCUT2D eigenvalue weighted by molar-refractivity contribution is -0.137. The Bertz CT molecular complexity index is 1280. The number of ether oxygens (including phenoxy) is 3. The average Bonchev–Trinajstić information content (AvgIpc) is 3.28. The van der Waals surface area contributed by atoms with Crippen LogP contribution in [0.2, 0.25) is 0 Å². The Morgan fingerprint density at radius 1 is 0.912 bits per heavy atom. The minimum Gasteiger partial charge on any atom is -0.497 e. The SMILES string of the molecule is COC(=O)C1=C(C)N(Cn2cnc3ccccc32)C(C)=C(C(=O)OC)C1c1cccc(OC)c1. The summed E-state index contributed by atoms with van der Waals surface area (Å²) in [5.74, 6) is -1.08. The third-order valence-corrected chi connectivity index (χ3v) is 6.23. The zero-order chi connectivity index (χ0) is 24.4. The highest BCUT2D eigenvalue weighted by Gasteiger charge is 2.40. The molecule has 0 saturated carbocycles. The van der Waals surface area contributed by atoms with Crippen molar-refractivity contribution in [3.63, 3.8) is 0 Å². The van der Waals surface area contributed by atoms with Crippen molar-refractivity contribution in [2.45, 2.75) is 26.4 Å². The molecule has 8 nitrogen and oxygen atoms in total. The molecule has 1 aliphatic heterocycles. The van der Waals surface area contributed by atoms with Crippen LogP contribution in [0.3, 0.4) is 0 Å². The van der Waals surface area contributed by atoms with Crippen molar-refractivity contribution in [3.05, 3.63) is 83.0 Å². The number of hydrogen-bond donors (Lipinski definition) is 0. The number of esters is 2. The molecule has 0 fully saturated rings. The molecule has 0 N–H and O–H groups in total. The number of imidazole rings is 1. The van der Waals surface area contributed by atoms with E-state index < -0.39 is 17.9 Å². The summed E-state index contributed by atoms with van der Waals surface area (Å²) < 4.78 is 17.7. The highest BCUT2D eigenvalue weighted by atomic mass is 16.5. The minimum atomic E-state index is -0.675. The van der Waals surface area contributed by atoms with Crippen LogP contribution in [0.4, 0.5) is 0 Å². The number of allylic oxidation sites excluding steroid dienone is 2. The monoisotopic (exact) mass is 461 g/mol. The summed E-state index contributed by atoms with van der Waals surface area (Å²) >= 11 is 0. The molecule has 0 aliphatic carbocycles. The number of aromatic nitrogens is 2. The van der Waals surface area contributed by atoms with Crippen molar-refractivity contribution >= 4 is 23.0 Å². The first-order valence-corrected chi connectivity index (χ1v) is 10.8. The molecule has 4 rings (SSSR count). The van der Waals surface area contributed by atoms with E-state index in [1.807, 2.05) is 71.8 Å². The zero-order valence-corrected chi connectivity index (χ0v) is 19.9. The molecule has 2 aromatic carbocycles. The number of fused-ring (bicyclic) bond motifs is 1. The van der Waals surface area contributed by atoms with Gasteiger partial charge in [0.1, 0.15) is 12.4 Å². The fourth-order valence-electron chi connectivity index (χ4n) is 4.50. The normalized spacial score (nSPS) is 14.6. The maximum absolute atomic E-state index is 13.1. The highest BCUT2D eigenvalue weighted by Crippen LogP contribution is 2.43. The molecule has 34 heavy (non-hydrogen) atoms. The number of methoxy groups -OCH3 is 3. The largest absolute Gasteiger partial charge is 0.497 e. The number of benzene rings is 2. The van der Waals surface area contributed by atoms with Crippen molar-refractivity contribution in [2.24, 2.45) is 0 Å². The first-order chi connectivity index (χ1) is 16.4. The van der Waals surface area contributed by atoms with Crippen molar-refractivity contribution in [2.75, 3.05) is 21.3 Å². The number of hydrogen-bond acceptors (Lipinski definition) is 7. The van der Waals surface area contributed by atoms with Crippen LogP contribution in [0.15, 0.2) is 77.4 Å². The lowest BCUT2D eigenvalue weighted by Crippen LogP contribution is -2.36. The van der Waals surface area contributed by atoms with Crippen molar-refractivity contribution in [1.82, 2.24) is 14.5 Å². The molecule has 1 aliphatic rings.